The Morgan fingerprint density at radius 3 is 2.25 bits per heavy atom. The summed E-state index contributed by atoms with van der Waals surface area (Å²) >= 11 is 0. The molecule has 3 saturated heterocycles. The van der Waals surface area contributed by atoms with Crippen LogP contribution >= 0.6 is 0 Å². The quantitative estimate of drug-likeness (QED) is 0.146. The molecule has 0 bridgehead atoms. The molecule has 0 amide bonds. The van der Waals surface area contributed by atoms with Gasteiger partial charge >= 0.3 is 5.97 Å². The average molecular weight is 773 g/mol. The Balaban J connectivity index is 1.47. The van der Waals surface area contributed by atoms with Gasteiger partial charge in [0.2, 0.25) is 5.78 Å². The monoisotopic (exact) mass is 772 g/mol. The van der Waals surface area contributed by atoms with E-state index in [1.807, 2.05) is 64.0 Å². The lowest BCUT2D eigenvalue weighted by Crippen LogP contribution is -2.61. The van der Waals surface area contributed by atoms with Crippen molar-refractivity contribution >= 4 is 28.5 Å². The molecule has 10 atom stereocenters. The second kappa shape index (κ2) is 14.0. The first kappa shape index (κ1) is 40.0. The molecule has 2 aromatic carbocycles. The lowest BCUT2D eigenvalue weighted by atomic mass is 9.74. The van der Waals surface area contributed by atoms with E-state index in [2.05, 4.69) is 0 Å². The standard InChI is InChI=1S/C43H52N2O11/c1-12-13-30-43(7,56-30)31-17-27(47)32-19(2)14-25-34(40(32)55-31)39(51)35-33(38(25)50)23(28-16-26(44(8)9)36(48)20(3)52-28)15-24(37(35)49)29-18-42(6,45(10)11)41(21(4)53-29)54-22(5)46/h12-15,17,20-21,26,28-30,36,41,48-49H,16,18H2,1-11H3/b13-12-. The van der Waals surface area contributed by atoms with Crippen molar-refractivity contribution in [2.24, 2.45) is 0 Å². The number of hydrogen-bond donors (Lipinski definition) is 2. The third-order valence-electron chi connectivity index (χ3n) is 12.6. The highest BCUT2D eigenvalue weighted by molar-refractivity contribution is 6.33. The number of phenols is 1. The van der Waals surface area contributed by atoms with Gasteiger partial charge in [-0.15, -0.1) is 0 Å². The second-order valence-electron chi connectivity index (χ2n) is 16.7. The number of nitrogens with zero attached hydrogens (tertiary/aromatic N) is 2. The fraction of sp³-hybridized carbons (Fsp3) is 0.535. The molecule has 13 heteroatoms. The molecule has 1 aliphatic carbocycles. The van der Waals surface area contributed by atoms with Crippen LogP contribution in [0.1, 0.15) is 121 Å². The zero-order valence-electron chi connectivity index (χ0n) is 33.9. The summed E-state index contributed by atoms with van der Waals surface area (Å²) in [5, 5.41) is 23.6. The number of hydrogen-bond acceptors (Lipinski definition) is 13. The molecule has 0 radical (unpaired) electrons. The minimum absolute atomic E-state index is 0.0187. The van der Waals surface area contributed by atoms with Gasteiger partial charge < -0.3 is 43.4 Å². The van der Waals surface area contributed by atoms with Gasteiger partial charge in [-0.2, -0.15) is 0 Å². The number of carbonyl (C=O) groups excluding carboxylic acids is 3. The van der Waals surface area contributed by atoms with Gasteiger partial charge in [0.15, 0.2) is 16.8 Å². The van der Waals surface area contributed by atoms with Crippen LogP contribution in [0.4, 0.5) is 0 Å². The van der Waals surface area contributed by atoms with Gasteiger partial charge in [-0.25, -0.2) is 0 Å². The van der Waals surface area contributed by atoms with Crippen LogP contribution < -0.4 is 5.43 Å². The van der Waals surface area contributed by atoms with Crippen LogP contribution in [0, 0.1) is 6.92 Å². The smallest absolute Gasteiger partial charge is 0.303 e. The van der Waals surface area contributed by atoms with Crippen LogP contribution in [0.5, 0.6) is 5.75 Å². The highest BCUT2D eigenvalue weighted by atomic mass is 16.6. The van der Waals surface area contributed by atoms with Gasteiger partial charge in [0.25, 0.3) is 0 Å². The maximum absolute atomic E-state index is 15.2. The Morgan fingerprint density at radius 2 is 1.62 bits per heavy atom. The van der Waals surface area contributed by atoms with Crippen molar-refractivity contribution in [1.29, 1.82) is 0 Å². The summed E-state index contributed by atoms with van der Waals surface area (Å²) in [4.78, 5) is 60.0. The van der Waals surface area contributed by atoms with Gasteiger partial charge in [-0.1, -0.05) is 12.2 Å². The lowest BCUT2D eigenvalue weighted by Gasteiger charge is -2.50. The van der Waals surface area contributed by atoms with Gasteiger partial charge in [0, 0.05) is 35.7 Å². The van der Waals surface area contributed by atoms with Crippen molar-refractivity contribution in [3.8, 4) is 5.75 Å². The van der Waals surface area contributed by atoms with Crippen LogP contribution in [0.3, 0.4) is 0 Å². The van der Waals surface area contributed by atoms with E-state index in [9.17, 15) is 19.8 Å². The number of phenolic OH excluding ortho intramolecular Hbond substituents is 1. The number of likely N-dealkylation sites (N-methyl/N-ethyl adjacent to an activating group) is 2. The van der Waals surface area contributed by atoms with Crippen molar-refractivity contribution in [2.45, 2.75) is 121 Å². The second-order valence-corrected chi connectivity index (χ2v) is 16.7. The molecule has 3 aromatic rings. The van der Waals surface area contributed by atoms with Crippen molar-refractivity contribution in [2.75, 3.05) is 28.2 Å². The fourth-order valence-electron chi connectivity index (χ4n) is 9.12. The van der Waals surface area contributed by atoms with Crippen LogP contribution in [0.2, 0.25) is 0 Å². The van der Waals surface area contributed by atoms with Crippen LogP contribution in [0.25, 0.3) is 11.0 Å². The Kier molecular flexibility index (Phi) is 9.99. The maximum Gasteiger partial charge on any atom is 0.303 e. The average Bonchev–Trinajstić information content (AvgIpc) is 3.78. The maximum atomic E-state index is 15.2. The first-order chi connectivity index (χ1) is 26.2. The van der Waals surface area contributed by atoms with E-state index >= 15 is 9.59 Å². The summed E-state index contributed by atoms with van der Waals surface area (Å²) in [6, 6.07) is 4.22. The van der Waals surface area contributed by atoms with Crippen molar-refractivity contribution in [3.05, 3.63) is 85.3 Å². The van der Waals surface area contributed by atoms with Crippen molar-refractivity contribution in [3.63, 3.8) is 0 Å². The van der Waals surface area contributed by atoms with E-state index in [-0.39, 0.29) is 69.5 Å². The Morgan fingerprint density at radius 1 is 0.946 bits per heavy atom. The molecule has 3 aliphatic heterocycles. The third kappa shape index (κ3) is 6.14. The van der Waals surface area contributed by atoms with E-state index in [0.717, 1.165) is 0 Å². The van der Waals surface area contributed by atoms with Gasteiger partial charge in [-0.05, 0) is 106 Å². The lowest BCUT2D eigenvalue weighted by molar-refractivity contribution is -0.201. The van der Waals surface area contributed by atoms with E-state index in [1.165, 1.54) is 19.1 Å². The number of epoxide rings is 1. The minimum atomic E-state index is -0.959. The topological polar surface area (TPSA) is 169 Å². The fourth-order valence-corrected chi connectivity index (χ4v) is 9.12. The SMILES string of the molecule is C/C=C\C1OC1(C)c1cc(=O)c2c(C)cc3c(c2o1)C(=O)c1c(O)c(C2CC(C)(N(C)C)C(OC(C)=O)C(C)O2)cc(C2CC(N(C)C)C(O)C(C)O2)c1C3=O. The molecule has 0 spiro atoms. The molecule has 4 aliphatic rings. The summed E-state index contributed by atoms with van der Waals surface area (Å²) < 4.78 is 31.1. The van der Waals surface area contributed by atoms with Crippen molar-refractivity contribution < 1.29 is 48.0 Å². The van der Waals surface area contributed by atoms with Gasteiger partial charge in [0.05, 0.1) is 52.6 Å². The number of ketones is 2. The number of aliphatic hydroxyl groups excluding tert-OH is 1. The molecule has 7 rings (SSSR count). The van der Waals surface area contributed by atoms with E-state index in [1.54, 1.807) is 33.8 Å². The number of aliphatic hydroxyl groups is 1. The number of carbonyl (C=O) groups is 3. The molecule has 300 valence electrons. The Labute approximate surface area is 326 Å². The first-order valence-corrected chi connectivity index (χ1v) is 19.2. The van der Waals surface area contributed by atoms with Crippen LogP contribution in [0.15, 0.2) is 39.6 Å². The summed E-state index contributed by atoms with van der Waals surface area (Å²) in [7, 11) is 7.45. The zero-order valence-corrected chi connectivity index (χ0v) is 33.9. The van der Waals surface area contributed by atoms with Crippen LogP contribution in [-0.4, -0.2) is 108 Å². The molecule has 10 unspecified atom stereocenters. The van der Waals surface area contributed by atoms with Gasteiger partial charge in [-0.3, -0.25) is 19.2 Å². The Bertz CT molecular complexity index is 2240. The molecule has 1 aromatic heterocycles. The normalized spacial score (nSPS) is 33.0. The number of rotatable bonds is 7. The molecule has 2 N–H and O–H groups in total. The number of fused-ring (bicyclic) bond motifs is 4. The molecule has 3 fully saturated rings. The molecular formula is C43H52N2O11. The number of ether oxygens (including phenoxy) is 4. The molecule has 4 heterocycles. The number of esters is 1. The summed E-state index contributed by atoms with van der Waals surface area (Å²) in [5.74, 6) is -1.93. The number of benzene rings is 2. The number of allylic oxidation sites excluding steroid dienone is 1. The predicted octanol–water partition coefficient (Wildman–Crippen LogP) is 5.02. The first-order valence-electron chi connectivity index (χ1n) is 19.2. The molecule has 56 heavy (non-hydrogen) atoms. The highest BCUT2D eigenvalue weighted by Gasteiger charge is 2.55. The zero-order chi connectivity index (χ0) is 40.9. The summed E-state index contributed by atoms with van der Waals surface area (Å²) in [6.07, 6.45) is -0.535. The molecular weight excluding hydrogens is 720 g/mol. The van der Waals surface area contributed by atoms with Gasteiger partial charge in [0.1, 0.15) is 29.3 Å². The summed E-state index contributed by atoms with van der Waals surface area (Å²) in [6.45, 7) is 12.2. The summed E-state index contributed by atoms with van der Waals surface area (Å²) in [5.41, 5.74) is -1.48. The third-order valence-corrected chi connectivity index (χ3v) is 12.6. The minimum Gasteiger partial charge on any atom is -0.507 e. The number of aryl methyl sites for hydroxylation is 1. The van der Waals surface area contributed by atoms with Crippen molar-refractivity contribution in [1.82, 2.24) is 9.80 Å². The molecule has 0 saturated carbocycles. The Hall–Kier alpha value is -4.24. The van der Waals surface area contributed by atoms with E-state index in [4.69, 9.17) is 23.4 Å². The predicted molar refractivity (Wildman–Crippen MR) is 206 cm³/mol. The highest BCUT2D eigenvalue weighted by Crippen LogP contribution is 2.51. The number of aromatic hydroxyl groups is 1. The van der Waals surface area contributed by atoms with Crippen LogP contribution in [-0.2, 0) is 29.3 Å². The largest absolute Gasteiger partial charge is 0.507 e. The molecule has 13 nitrogen and oxygen atoms in total. The van der Waals surface area contributed by atoms with E-state index < -0.39 is 76.5 Å². The van der Waals surface area contributed by atoms with E-state index in [0.29, 0.717) is 11.1 Å².